The van der Waals surface area contributed by atoms with Gasteiger partial charge in [-0.05, 0) is 26.7 Å². The summed E-state index contributed by atoms with van der Waals surface area (Å²) in [6, 6.07) is 0. The standard InChI is InChI=1S/C14H26N4O/c1-11(2)6-16-13(19)9-15-7-12-8-17-18(10-12)14(3,4)5/h8,10-11,15H,6-7,9H2,1-5H3,(H,16,19). The molecule has 0 unspecified atom stereocenters. The normalized spacial score (nSPS) is 11.9. The molecule has 0 spiro atoms. The van der Waals surface area contributed by atoms with Gasteiger partial charge in [-0.3, -0.25) is 9.48 Å². The van der Waals surface area contributed by atoms with Crippen LogP contribution in [0.2, 0.25) is 0 Å². The van der Waals surface area contributed by atoms with Gasteiger partial charge in [0, 0.05) is 24.8 Å². The van der Waals surface area contributed by atoms with Crippen LogP contribution in [0.3, 0.4) is 0 Å². The lowest BCUT2D eigenvalue weighted by atomic mass is 10.1. The van der Waals surface area contributed by atoms with Crippen molar-refractivity contribution in [1.29, 1.82) is 0 Å². The summed E-state index contributed by atoms with van der Waals surface area (Å²) in [6.07, 6.45) is 3.85. The predicted octanol–water partition coefficient (Wildman–Crippen LogP) is 1.50. The van der Waals surface area contributed by atoms with Crippen molar-refractivity contribution in [1.82, 2.24) is 20.4 Å². The number of nitrogens with one attached hydrogen (secondary N) is 2. The van der Waals surface area contributed by atoms with Gasteiger partial charge in [-0.1, -0.05) is 13.8 Å². The summed E-state index contributed by atoms with van der Waals surface area (Å²) in [5.74, 6) is 0.519. The first-order valence-electron chi connectivity index (χ1n) is 6.80. The number of carbonyl (C=O) groups is 1. The first-order chi connectivity index (χ1) is 8.79. The van der Waals surface area contributed by atoms with E-state index in [1.807, 2.05) is 17.1 Å². The highest BCUT2D eigenvalue weighted by Crippen LogP contribution is 2.12. The number of carbonyl (C=O) groups excluding carboxylic acids is 1. The Morgan fingerprint density at radius 3 is 2.63 bits per heavy atom. The van der Waals surface area contributed by atoms with Crippen LogP contribution < -0.4 is 10.6 Å². The topological polar surface area (TPSA) is 59.0 Å². The average molecular weight is 266 g/mol. The van der Waals surface area contributed by atoms with Gasteiger partial charge in [0.15, 0.2) is 0 Å². The van der Waals surface area contributed by atoms with Crippen LogP contribution in [0.5, 0.6) is 0 Å². The minimum atomic E-state index is -0.00705. The molecule has 5 nitrogen and oxygen atoms in total. The van der Waals surface area contributed by atoms with Gasteiger partial charge in [-0.25, -0.2) is 0 Å². The highest BCUT2D eigenvalue weighted by Gasteiger charge is 2.13. The molecule has 1 heterocycles. The van der Waals surface area contributed by atoms with Gasteiger partial charge < -0.3 is 10.6 Å². The molecular weight excluding hydrogens is 240 g/mol. The van der Waals surface area contributed by atoms with E-state index in [-0.39, 0.29) is 11.4 Å². The van der Waals surface area contributed by atoms with Crippen LogP contribution >= 0.6 is 0 Å². The summed E-state index contributed by atoms with van der Waals surface area (Å²) >= 11 is 0. The number of nitrogens with zero attached hydrogens (tertiary/aromatic N) is 2. The Morgan fingerprint density at radius 1 is 1.42 bits per heavy atom. The molecule has 0 aliphatic rings. The molecule has 1 aromatic rings. The minimum absolute atomic E-state index is 0.00705. The molecule has 2 N–H and O–H groups in total. The zero-order valence-electron chi connectivity index (χ0n) is 12.7. The molecule has 0 radical (unpaired) electrons. The van der Waals surface area contributed by atoms with Crippen LogP contribution in [-0.2, 0) is 16.9 Å². The van der Waals surface area contributed by atoms with Gasteiger partial charge in [0.05, 0.1) is 18.3 Å². The third kappa shape index (κ3) is 5.87. The van der Waals surface area contributed by atoms with E-state index in [1.54, 1.807) is 0 Å². The predicted molar refractivity (Wildman–Crippen MR) is 76.8 cm³/mol. The summed E-state index contributed by atoms with van der Waals surface area (Å²) in [5.41, 5.74) is 1.08. The van der Waals surface area contributed by atoms with Crippen LogP contribution in [0.4, 0.5) is 0 Å². The fourth-order valence-corrected chi connectivity index (χ4v) is 1.52. The van der Waals surface area contributed by atoms with Gasteiger partial charge in [0.1, 0.15) is 0 Å². The van der Waals surface area contributed by atoms with Gasteiger partial charge >= 0.3 is 0 Å². The minimum Gasteiger partial charge on any atom is -0.355 e. The van der Waals surface area contributed by atoms with E-state index in [2.05, 4.69) is 50.4 Å². The van der Waals surface area contributed by atoms with Crippen LogP contribution in [0.1, 0.15) is 40.2 Å². The number of hydrogen-bond donors (Lipinski definition) is 2. The van der Waals surface area contributed by atoms with E-state index in [0.717, 1.165) is 12.1 Å². The van der Waals surface area contributed by atoms with Gasteiger partial charge in [0.2, 0.25) is 5.91 Å². The van der Waals surface area contributed by atoms with Crippen molar-refractivity contribution in [2.45, 2.75) is 46.7 Å². The fourth-order valence-electron chi connectivity index (χ4n) is 1.52. The zero-order valence-corrected chi connectivity index (χ0v) is 12.7. The Hall–Kier alpha value is -1.36. The molecule has 0 saturated carbocycles. The maximum absolute atomic E-state index is 11.5. The number of amides is 1. The number of rotatable bonds is 6. The van der Waals surface area contributed by atoms with E-state index in [1.165, 1.54) is 0 Å². The highest BCUT2D eigenvalue weighted by atomic mass is 16.1. The quantitative estimate of drug-likeness (QED) is 0.820. The second kappa shape index (κ2) is 6.70. The third-order valence-electron chi connectivity index (χ3n) is 2.65. The molecule has 108 valence electrons. The Balaban J connectivity index is 2.30. The fraction of sp³-hybridized carbons (Fsp3) is 0.714. The molecule has 0 atom stereocenters. The van der Waals surface area contributed by atoms with Crippen LogP contribution in [0.25, 0.3) is 0 Å². The van der Waals surface area contributed by atoms with E-state index in [0.29, 0.717) is 19.0 Å². The molecule has 1 amide bonds. The molecule has 0 aromatic carbocycles. The van der Waals surface area contributed by atoms with Crippen molar-refractivity contribution in [3.05, 3.63) is 18.0 Å². The van der Waals surface area contributed by atoms with Crippen molar-refractivity contribution in [2.75, 3.05) is 13.1 Å². The molecule has 5 heteroatoms. The summed E-state index contributed by atoms with van der Waals surface area (Å²) in [6.45, 7) is 12.2. The Labute approximate surface area is 115 Å². The Bertz CT molecular complexity index is 404. The average Bonchev–Trinajstić information content (AvgIpc) is 2.74. The summed E-state index contributed by atoms with van der Waals surface area (Å²) in [4.78, 5) is 11.5. The summed E-state index contributed by atoms with van der Waals surface area (Å²) < 4.78 is 1.93. The molecule has 0 fully saturated rings. The van der Waals surface area contributed by atoms with Crippen LogP contribution in [0, 0.1) is 5.92 Å². The second-order valence-electron chi connectivity index (χ2n) is 6.27. The molecule has 0 aliphatic carbocycles. The van der Waals surface area contributed by atoms with E-state index in [9.17, 15) is 4.79 Å². The molecule has 19 heavy (non-hydrogen) atoms. The van der Waals surface area contributed by atoms with Crippen molar-refractivity contribution < 1.29 is 4.79 Å². The van der Waals surface area contributed by atoms with Crippen molar-refractivity contribution in [3.8, 4) is 0 Å². The lowest BCUT2D eigenvalue weighted by molar-refractivity contribution is -0.120. The summed E-state index contributed by atoms with van der Waals surface area (Å²) in [5, 5.41) is 10.3. The summed E-state index contributed by atoms with van der Waals surface area (Å²) in [7, 11) is 0. The van der Waals surface area contributed by atoms with Crippen molar-refractivity contribution in [3.63, 3.8) is 0 Å². The maximum atomic E-state index is 11.5. The van der Waals surface area contributed by atoms with Crippen molar-refractivity contribution >= 4 is 5.91 Å². The monoisotopic (exact) mass is 266 g/mol. The van der Waals surface area contributed by atoms with E-state index >= 15 is 0 Å². The third-order valence-corrected chi connectivity index (χ3v) is 2.65. The van der Waals surface area contributed by atoms with Crippen LogP contribution in [0.15, 0.2) is 12.4 Å². The van der Waals surface area contributed by atoms with Gasteiger partial charge in [-0.15, -0.1) is 0 Å². The first kappa shape index (κ1) is 15.7. The largest absolute Gasteiger partial charge is 0.355 e. The highest BCUT2D eigenvalue weighted by molar-refractivity contribution is 5.77. The Kier molecular flexibility index (Phi) is 5.54. The molecule has 1 rings (SSSR count). The van der Waals surface area contributed by atoms with E-state index < -0.39 is 0 Å². The number of hydrogen-bond acceptors (Lipinski definition) is 3. The van der Waals surface area contributed by atoms with Gasteiger partial charge in [-0.2, -0.15) is 5.10 Å². The lowest BCUT2D eigenvalue weighted by Gasteiger charge is -2.18. The molecule has 1 aromatic heterocycles. The van der Waals surface area contributed by atoms with Crippen molar-refractivity contribution in [2.24, 2.45) is 5.92 Å². The van der Waals surface area contributed by atoms with Crippen LogP contribution in [-0.4, -0.2) is 28.8 Å². The van der Waals surface area contributed by atoms with E-state index in [4.69, 9.17) is 0 Å². The molecule has 0 bridgehead atoms. The smallest absolute Gasteiger partial charge is 0.233 e. The first-order valence-corrected chi connectivity index (χ1v) is 6.80. The maximum Gasteiger partial charge on any atom is 0.233 e. The second-order valence-corrected chi connectivity index (χ2v) is 6.27. The zero-order chi connectivity index (χ0) is 14.5. The molecular formula is C14H26N4O. The SMILES string of the molecule is CC(C)CNC(=O)CNCc1cnn(C(C)(C)C)c1. The number of aromatic nitrogens is 2. The van der Waals surface area contributed by atoms with Gasteiger partial charge in [0.25, 0.3) is 0 Å². The Morgan fingerprint density at radius 2 is 2.11 bits per heavy atom. The lowest BCUT2D eigenvalue weighted by Crippen LogP contribution is -2.35. The molecule has 0 saturated heterocycles. The molecule has 0 aliphatic heterocycles.